The van der Waals surface area contributed by atoms with Crippen LogP contribution in [0.5, 0.6) is 11.5 Å². The Kier molecular flexibility index (Phi) is 9.33. The molecule has 186 valence electrons. The maximum Gasteiger partial charge on any atom is 0.271 e. The fourth-order valence-corrected chi connectivity index (χ4v) is 3.40. The van der Waals surface area contributed by atoms with E-state index in [2.05, 4.69) is 21.1 Å². The van der Waals surface area contributed by atoms with E-state index in [0.29, 0.717) is 24.0 Å². The van der Waals surface area contributed by atoms with Gasteiger partial charge in [-0.05, 0) is 96.8 Å². The van der Waals surface area contributed by atoms with E-state index in [1.54, 1.807) is 38.5 Å². The largest absolute Gasteiger partial charge is 0.497 e. The first-order valence-electron chi connectivity index (χ1n) is 11.6. The molecular formula is C28H30N4O4. The third-order valence-electron chi connectivity index (χ3n) is 5.51. The van der Waals surface area contributed by atoms with Crippen LogP contribution in [0.2, 0.25) is 0 Å². The highest BCUT2D eigenvalue weighted by molar-refractivity contribution is 6.03. The van der Waals surface area contributed by atoms with Crippen LogP contribution in [0.1, 0.15) is 58.5 Å². The van der Waals surface area contributed by atoms with Crippen LogP contribution in [-0.2, 0) is 0 Å². The van der Waals surface area contributed by atoms with Crippen molar-refractivity contribution in [3.63, 3.8) is 0 Å². The maximum atomic E-state index is 12.6. The monoisotopic (exact) mass is 486 g/mol. The van der Waals surface area contributed by atoms with E-state index in [9.17, 15) is 9.59 Å². The Morgan fingerprint density at radius 3 is 1.17 bits per heavy atom. The van der Waals surface area contributed by atoms with Crippen molar-refractivity contribution in [1.82, 2.24) is 10.9 Å². The summed E-state index contributed by atoms with van der Waals surface area (Å²) in [7, 11) is 3.22. The minimum Gasteiger partial charge on any atom is -0.497 e. The van der Waals surface area contributed by atoms with Crippen molar-refractivity contribution in [3.05, 3.63) is 95.1 Å². The Bertz CT molecular complexity index is 1130. The van der Waals surface area contributed by atoms with Crippen molar-refractivity contribution in [2.24, 2.45) is 10.2 Å². The second-order valence-corrected chi connectivity index (χ2v) is 7.74. The fourth-order valence-electron chi connectivity index (χ4n) is 3.40. The highest BCUT2D eigenvalue weighted by Crippen LogP contribution is 2.14. The van der Waals surface area contributed by atoms with Crippen molar-refractivity contribution in [1.29, 1.82) is 0 Å². The van der Waals surface area contributed by atoms with Crippen LogP contribution in [0.15, 0.2) is 83.0 Å². The molecule has 8 heteroatoms. The van der Waals surface area contributed by atoms with E-state index >= 15 is 0 Å². The number of amides is 2. The van der Waals surface area contributed by atoms with Gasteiger partial charge in [0.2, 0.25) is 0 Å². The number of nitrogens with one attached hydrogen (secondary N) is 2. The molecule has 0 spiro atoms. The molecule has 2 N–H and O–H groups in total. The molecule has 0 saturated carbocycles. The van der Waals surface area contributed by atoms with E-state index in [1.807, 2.05) is 62.4 Å². The molecule has 0 heterocycles. The van der Waals surface area contributed by atoms with Gasteiger partial charge in [0.15, 0.2) is 0 Å². The Balaban J connectivity index is 1.63. The number of benzene rings is 3. The number of methoxy groups -OCH3 is 2. The molecule has 3 rings (SSSR count). The summed E-state index contributed by atoms with van der Waals surface area (Å²) < 4.78 is 10.4. The topological polar surface area (TPSA) is 101 Å². The number of hydrazone groups is 2. The molecule has 3 aromatic rings. The SMILES string of the molecule is CC/C(=N/NC(=O)c1ccc(C(=O)N/N=C(/CC)c2ccc(OC)cc2)cc1)c1ccc(OC)cc1. The Labute approximate surface area is 211 Å². The summed E-state index contributed by atoms with van der Waals surface area (Å²) in [6.07, 6.45) is 1.28. The van der Waals surface area contributed by atoms with E-state index in [4.69, 9.17) is 9.47 Å². The summed E-state index contributed by atoms with van der Waals surface area (Å²) in [5, 5.41) is 8.54. The molecule has 0 fully saturated rings. The number of rotatable bonds is 10. The van der Waals surface area contributed by atoms with Gasteiger partial charge in [0, 0.05) is 11.1 Å². The molecule has 3 aromatic carbocycles. The van der Waals surface area contributed by atoms with E-state index in [0.717, 1.165) is 34.0 Å². The summed E-state index contributed by atoms with van der Waals surface area (Å²) in [4.78, 5) is 25.1. The van der Waals surface area contributed by atoms with Crippen molar-refractivity contribution < 1.29 is 19.1 Å². The van der Waals surface area contributed by atoms with E-state index in [1.165, 1.54) is 0 Å². The quantitative estimate of drug-likeness (QED) is 0.318. The zero-order valence-electron chi connectivity index (χ0n) is 20.9. The van der Waals surface area contributed by atoms with E-state index < -0.39 is 0 Å². The molecular weight excluding hydrogens is 456 g/mol. The molecule has 0 atom stereocenters. The Hall–Kier alpha value is -4.46. The van der Waals surface area contributed by atoms with Gasteiger partial charge in [-0.15, -0.1) is 0 Å². The first kappa shape index (κ1) is 26.2. The zero-order valence-corrected chi connectivity index (χ0v) is 20.9. The third kappa shape index (κ3) is 6.79. The fraction of sp³-hybridized carbons (Fsp3) is 0.214. The first-order chi connectivity index (χ1) is 17.5. The first-order valence-corrected chi connectivity index (χ1v) is 11.6. The smallest absolute Gasteiger partial charge is 0.271 e. The number of carbonyl (C=O) groups is 2. The molecule has 0 unspecified atom stereocenters. The van der Waals surface area contributed by atoms with Crippen LogP contribution in [-0.4, -0.2) is 37.5 Å². The number of hydrogen-bond donors (Lipinski definition) is 2. The van der Waals surface area contributed by atoms with Crippen molar-refractivity contribution in [3.8, 4) is 11.5 Å². The molecule has 36 heavy (non-hydrogen) atoms. The van der Waals surface area contributed by atoms with Gasteiger partial charge in [-0.2, -0.15) is 10.2 Å². The summed E-state index contributed by atoms with van der Waals surface area (Å²) in [5.74, 6) is 0.763. The molecule has 0 aromatic heterocycles. The average molecular weight is 487 g/mol. The minimum atomic E-state index is -0.368. The van der Waals surface area contributed by atoms with Crippen LogP contribution in [0, 0.1) is 0 Å². The number of nitrogens with zero attached hydrogens (tertiary/aromatic N) is 2. The van der Waals surface area contributed by atoms with Crippen LogP contribution in [0.4, 0.5) is 0 Å². The van der Waals surface area contributed by atoms with Crippen LogP contribution >= 0.6 is 0 Å². The molecule has 0 aliphatic carbocycles. The predicted molar refractivity (Wildman–Crippen MR) is 141 cm³/mol. The lowest BCUT2D eigenvalue weighted by atomic mass is 10.1. The third-order valence-corrected chi connectivity index (χ3v) is 5.51. The maximum absolute atomic E-state index is 12.6. The second kappa shape index (κ2) is 12.9. The lowest BCUT2D eigenvalue weighted by molar-refractivity contribution is 0.0943. The van der Waals surface area contributed by atoms with Crippen LogP contribution in [0.3, 0.4) is 0 Å². The van der Waals surface area contributed by atoms with Crippen molar-refractivity contribution >= 4 is 23.2 Å². The lowest BCUT2D eigenvalue weighted by Crippen LogP contribution is -2.21. The predicted octanol–water partition coefficient (Wildman–Crippen LogP) is 4.79. The molecule has 8 nitrogen and oxygen atoms in total. The minimum absolute atomic E-state index is 0.368. The Morgan fingerprint density at radius 2 is 0.889 bits per heavy atom. The number of carbonyl (C=O) groups excluding carboxylic acids is 2. The van der Waals surface area contributed by atoms with Crippen LogP contribution in [0.25, 0.3) is 0 Å². The van der Waals surface area contributed by atoms with Gasteiger partial charge in [0.1, 0.15) is 11.5 Å². The highest BCUT2D eigenvalue weighted by Gasteiger charge is 2.10. The van der Waals surface area contributed by atoms with Gasteiger partial charge in [-0.3, -0.25) is 9.59 Å². The van der Waals surface area contributed by atoms with Gasteiger partial charge in [0.05, 0.1) is 25.6 Å². The normalized spacial score (nSPS) is 11.6. The molecule has 0 radical (unpaired) electrons. The molecule has 0 aliphatic heterocycles. The van der Waals surface area contributed by atoms with Crippen molar-refractivity contribution in [2.75, 3.05) is 14.2 Å². The summed E-state index contributed by atoms with van der Waals surface area (Å²) in [5.41, 5.74) is 9.21. The van der Waals surface area contributed by atoms with Crippen molar-refractivity contribution in [2.45, 2.75) is 26.7 Å². The summed E-state index contributed by atoms with van der Waals surface area (Å²) >= 11 is 0. The molecule has 2 amide bonds. The van der Waals surface area contributed by atoms with Gasteiger partial charge in [0.25, 0.3) is 11.8 Å². The summed E-state index contributed by atoms with van der Waals surface area (Å²) in [6.45, 7) is 3.92. The standard InChI is InChI=1S/C28H30N4O4/c1-5-25(19-11-15-23(35-3)16-12-19)29-31-27(33)21-7-9-22(10-8-21)28(34)32-30-26(6-2)20-13-17-24(36-4)18-14-20/h7-18H,5-6H2,1-4H3,(H,31,33)(H,32,34)/b29-25-,30-26-. The zero-order chi connectivity index (χ0) is 25.9. The van der Waals surface area contributed by atoms with Gasteiger partial charge >= 0.3 is 0 Å². The number of hydrogen-bond acceptors (Lipinski definition) is 6. The summed E-state index contributed by atoms with van der Waals surface area (Å²) in [6, 6.07) is 21.2. The highest BCUT2D eigenvalue weighted by atomic mass is 16.5. The van der Waals surface area contributed by atoms with Gasteiger partial charge in [-0.25, -0.2) is 10.9 Å². The Morgan fingerprint density at radius 1 is 0.583 bits per heavy atom. The number of ether oxygens (including phenoxy) is 2. The molecule has 0 saturated heterocycles. The van der Waals surface area contributed by atoms with Crippen LogP contribution < -0.4 is 20.3 Å². The lowest BCUT2D eigenvalue weighted by Gasteiger charge is -2.08. The average Bonchev–Trinajstić information content (AvgIpc) is 2.94. The molecule has 0 aliphatic rings. The molecule has 0 bridgehead atoms. The van der Waals surface area contributed by atoms with E-state index in [-0.39, 0.29) is 11.8 Å². The van der Waals surface area contributed by atoms with Gasteiger partial charge in [-0.1, -0.05) is 13.8 Å². The van der Waals surface area contributed by atoms with Gasteiger partial charge < -0.3 is 9.47 Å². The second-order valence-electron chi connectivity index (χ2n) is 7.74.